The largest absolute Gasteiger partial charge is 0.489 e. The zero-order valence-electron chi connectivity index (χ0n) is 12.0. The third kappa shape index (κ3) is 3.42. The van der Waals surface area contributed by atoms with E-state index in [1.807, 2.05) is 26.1 Å². The van der Waals surface area contributed by atoms with Gasteiger partial charge >= 0.3 is 0 Å². The van der Waals surface area contributed by atoms with E-state index in [0.29, 0.717) is 4.64 Å². The van der Waals surface area contributed by atoms with E-state index >= 15 is 0 Å². The molecule has 0 fully saturated rings. The highest BCUT2D eigenvalue weighted by Crippen LogP contribution is 2.25. The molecule has 2 aromatic rings. The molecule has 0 saturated carbocycles. The van der Waals surface area contributed by atoms with Crippen LogP contribution < -0.4 is 4.74 Å². The standard InChI is InChI=1S/C15H19N3OS/c1-4-5-13-14(17-9-18-15(13)20)11-6-12(8-16-7-11)19-10(2)3/h6-10H,4-5H2,1-3H3,(H,17,18,20). The number of nitrogens with one attached hydrogen (secondary N) is 1. The average Bonchev–Trinajstić information content (AvgIpc) is 2.41. The van der Waals surface area contributed by atoms with Crippen molar-refractivity contribution in [2.45, 2.75) is 39.7 Å². The van der Waals surface area contributed by atoms with E-state index in [9.17, 15) is 0 Å². The first-order chi connectivity index (χ1) is 9.61. The summed E-state index contributed by atoms with van der Waals surface area (Å²) < 4.78 is 6.34. The van der Waals surface area contributed by atoms with E-state index in [1.54, 1.807) is 12.5 Å². The highest BCUT2D eigenvalue weighted by molar-refractivity contribution is 7.71. The van der Waals surface area contributed by atoms with Gasteiger partial charge in [0.2, 0.25) is 0 Å². The second-order valence-electron chi connectivity index (χ2n) is 4.89. The van der Waals surface area contributed by atoms with Crippen LogP contribution in [0.15, 0.2) is 24.8 Å². The Kier molecular flexibility index (Phi) is 4.84. The molecule has 0 aromatic carbocycles. The number of hydrogen-bond acceptors (Lipinski definition) is 4. The van der Waals surface area contributed by atoms with Crippen molar-refractivity contribution in [3.05, 3.63) is 35.0 Å². The number of nitrogens with zero attached hydrogens (tertiary/aromatic N) is 2. The smallest absolute Gasteiger partial charge is 0.138 e. The lowest BCUT2D eigenvalue weighted by Gasteiger charge is -2.12. The van der Waals surface area contributed by atoms with E-state index in [2.05, 4.69) is 21.9 Å². The summed E-state index contributed by atoms with van der Waals surface area (Å²) in [4.78, 5) is 11.6. The molecule has 20 heavy (non-hydrogen) atoms. The molecule has 5 heteroatoms. The number of rotatable bonds is 5. The molecule has 0 bridgehead atoms. The quantitative estimate of drug-likeness (QED) is 0.847. The Morgan fingerprint density at radius 1 is 1.35 bits per heavy atom. The molecule has 1 N–H and O–H groups in total. The van der Waals surface area contributed by atoms with Gasteiger partial charge in [0.15, 0.2) is 0 Å². The maximum atomic E-state index is 5.69. The van der Waals surface area contributed by atoms with Crippen molar-refractivity contribution in [1.29, 1.82) is 0 Å². The monoisotopic (exact) mass is 289 g/mol. The molecule has 0 spiro atoms. The van der Waals surface area contributed by atoms with E-state index in [1.165, 1.54) is 0 Å². The van der Waals surface area contributed by atoms with Gasteiger partial charge in [-0.15, -0.1) is 0 Å². The zero-order chi connectivity index (χ0) is 14.5. The average molecular weight is 289 g/mol. The Bertz CT molecular complexity index is 637. The molecule has 0 amide bonds. The molecule has 106 valence electrons. The molecule has 0 aliphatic rings. The molecule has 2 rings (SSSR count). The first-order valence-electron chi connectivity index (χ1n) is 6.80. The van der Waals surface area contributed by atoms with Crippen LogP contribution in [0.25, 0.3) is 11.3 Å². The normalized spacial score (nSPS) is 10.8. The maximum Gasteiger partial charge on any atom is 0.138 e. The Morgan fingerprint density at radius 2 is 2.15 bits per heavy atom. The van der Waals surface area contributed by atoms with Crippen LogP contribution in [0.4, 0.5) is 0 Å². The van der Waals surface area contributed by atoms with Gasteiger partial charge in [-0.1, -0.05) is 25.6 Å². The fraction of sp³-hybridized carbons (Fsp3) is 0.400. The Morgan fingerprint density at radius 3 is 2.85 bits per heavy atom. The summed E-state index contributed by atoms with van der Waals surface area (Å²) in [5.41, 5.74) is 3.02. The highest BCUT2D eigenvalue weighted by atomic mass is 32.1. The number of hydrogen-bond donors (Lipinski definition) is 1. The maximum absolute atomic E-state index is 5.69. The van der Waals surface area contributed by atoms with Crippen LogP contribution in [0.2, 0.25) is 0 Å². The van der Waals surface area contributed by atoms with Crippen LogP contribution >= 0.6 is 12.2 Å². The molecule has 0 aliphatic carbocycles. The second kappa shape index (κ2) is 6.61. The minimum atomic E-state index is 0.123. The second-order valence-corrected chi connectivity index (χ2v) is 5.27. The van der Waals surface area contributed by atoms with E-state index in [0.717, 1.165) is 35.4 Å². The summed E-state index contributed by atoms with van der Waals surface area (Å²) in [5.74, 6) is 0.760. The first-order valence-corrected chi connectivity index (χ1v) is 7.21. The van der Waals surface area contributed by atoms with E-state index in [4.69, 9.17) is 17.0 Å². The van der Waals surface area contributed by atoms with Crippen LogP contribution in [-0.2, 0) is 6.42 Å². The molecule has 0 radical (unpaired) electrons. The lowest BCUT2D eigenvalue weighted by Crippen LogP contribution is -2.06. The minimum absolute atomic E-state index is 0.123. The third-order valence-corrected chi connectivity index (χ3v) is 3.18. The summed E-state index contributed by atoms with van der Waals surface area (Å²) >= 11 is 5.32. The first kappa shape index (κ1) is 14.7. The van der Waals surface area contributed by atoms with Crippen molar-refractivity contribution >= 4 is 12.2 Å². The Labute approximate surface area is 124 Å². The predicted molar refractivity (Wildman–Crippen MR) is 82.4 cm³/mol. The predicted octanol–water partition coefficient (Wildman–Crippen LogP) is 3.94. The molecular weight excluding hydrogens is 270 g/mol. The van der Waals surface area contributed by atoms with Gasteiger partial charge in [-0.05, 0) is 26.3 Å². The summed E-state index contributed by atoms with van der Waals surface area (Å²) in [6, 6.07) is 1.98. The van der Waals surface area contributed by atoms with Crippen molar-refractivity contribution in [3.63, 3.8) is 0 Å². The fourth-order valence-electron chi connectivity index (χ4n) is 2.06. The number of pyridine rings is 1. The van der Waals surface area contributed by atoms with Gasteiger partial charge in [0.05, 0.1) is 24.3 Å². The summed E-state index contributed by atoms with van der Waals surface area (Å²) in [5, 5.41) is 0. The van der Waals surface area contributed by atoms with Crippen LogP contribution in [0.1, 0.15) is 32.8 Å². The van der Waals surface area contributed by atoms with Gasteiger partial charge in [-0.25, -0.2) is 4.98 Å². The van der Waals surface area contributed by atoms with Crippen LogP contribution in [0, 0.1) is 4.64 Å². The molecule has 0 saturated heterocycles. The van der Waals surface area contributed by atoms with E-state index < -0.39 is 0 Å². The van der Waals surface area contributed by atoms with Crippen molar-refractivity contribution in [2.24, 2.45) is 0 Å². The van der Waals surface area contributed by atoms with Crippen molar-refractivity contribution in [3.8, 4) is 17.0 Å². The number of aromatic nitrogens is 3. The van der Waals surface area contributed by atoms with Crippen molar-refractivity contribution in [1.82, 2.24) is 15.0 Å². The lowest BCUT2D eigenvalue weighted by atomic mass is 10.1. The number of ether oxygens (including phenoxy) is 1. The van der Waals surface area contributed by atoms with E-state index in [-0.39, 0.29) is 6.10 Å². The number of H-pyrrole nitrogens is 1. The van der Waals surface area contributed by atoms with Gasteiger partial charge in [0.25, 0.3) is 0 Å². The Hall–Kier alpha value is -1.75. The summed E-state index contributed by atoms with van der Waals surface area (Å²) in [7, 11) is 0. The zero-order valence-corrected chi connectivity index (χ0v) is 12.8. The molecule has 2 aromatic heterocycles. The molecule has 0 aliphatic heterocycles. The van der Waals surface area contributed by atoms with Crippen molar-refractivity contribution in [2.75, 3.05) is 0 Å². The SMILES string of the molecule is CCCc1c(-c2cncc(OC(C)C)c2)[nH]cnc1=S. The molecular formula is C15H19N3OS. The minimum Gasteiger partial charge on any atom is -0.489 e. The van der Waals surface area contributed by atoms with Gasteiger partial charge in [0, 0.05) is 17.3 Å². The summed E-state index contributed by atoms with van der Waals surface area (Å²) in [6.07, 6.45) is 7.20. The third-order valence-electron chi connectivity index (χ3n) is 2.82. The topological polar surface area (TPSA) is 50.8 Å². The molecule has 4 nitrogen and oxygen atoms in total. The van der Waals surface area contributed by atoms with Gasteiger partial charge in [-0.3, -0.25) is 4.98 Å². The molecule has 0 atom stereocenters. The van der Waals surface area contributed by atoms with Crippen LogP contribution in [0.5, 0.6) is 5.75 Å². The highest BCUT2D eigenvalue weighted by Gasteiger charge is 2.09. The number of aromatic amines is 1. The molecule has 0 unspecified atom stereocenters. The fourth-order valence-corrected chi connectivity index (χ4v) is 2.32. The van der Waals surface area contributed by atoms with Gasteiger partial charge in [-0.2, -0.15) is 0 Å². The van der Waals surface area contributed by atoms with Crippen LogP contribution in [0.3, 0.4) is 0 Å². The van der Waals surface area contributed by atoms with Crippen LogP contribution in [-0.4, -0.2) is 21.1 Å². The summed E-state index contributed by atoms with van der Waals surface area (Å²) in [6.45, 7) is 6.12. The lowest BCUT2D eigenvalue weighted by molar-refractivity contribution is 0.241. The van der Waals surface area contributed by atoms with Gasteiger partial charge in [0.1, 0.15) is 10.4 Å². The van der Waals surface area contributed by atoms with Gasteiger partial charge < -0.3 is 9.72 Å². The molecule has 2 heterocycles. The van der Waals surface area contributed by atoms with Crippen molar-refractivity contribution < 1.29 is 4.74 Å². The Balaban J connectivity index is 2.46.